The highest BCUT2D eigenvalue weighted by atomic mass is 19.1. The molecule has 0 radical (unpaired) electrons. The molecule has 0 aromatic heterocycles. The molecule has 0 spiro atoms. The van der Waals surface area contributed by atoms with Gasteiger partial charge in [-0.25, -0.2) is 4.39 Å². The summed E-state index contributed by atoms with van der Waals surface area (Å²) < 4.78 is 19.0. The van der Waals surface area contributed by atoms with Crippen molar-refractivity contribution in [3.8, 4) is 5.75 Å². The topological polar surface area (TPSA) is 46.5 Å². The van der Waals surface area contributed by atoms with Gasteiger partial charge in [-0.1, -0.05) is 18.6 Å². The molecule has 3 nitrogen and oxygen atoms in total. The first kappa shape index (κ1) is 12.9. The number of rotatable bonds is 4. The van der Waals surface area contributed by atoms with Crippen LogP contribution in [0.2, 0.25) is 0 Å². The molecule has 18 heavy (non-hydrogen) atoms. The van der Waals surface area contributed by atoms with E-state index in [1.165, 1.54) is 14.0 Å². The van der Waals surface area contributed by atoms with Crippen molar-refractivity contribution in [1.29, 1.82) is 0 Å². The Balaban J connectivity index is 2.60. The van der Waals surface area contributed by atoms with Crippen LogP contribution >= 0.6 is 0 Å². The lowest BCUT2D eigenvalue weighted by Gasteiger charge is -2.39. The maximum absolute atomic E-state index is 13.8. The van der Waals surface area contributed by atoms with Gasteiger partial charge < -0.3 is 9.84 Å². The van der Waals surface area contributed by atoms with Crippen molar-refractivity contribution < 1.29 is 19.0 Å². The zero-order chi connectivity index (χ0) is 13.3. The molecule has 1 aliphatic carbocycles. The Morgan fingerprint density at radius 2 is 2.17 bits per heavy atom. The Labute approximate surface area is 106 Å². The summed E-state index contributed by atoms with van der Waals surface area (Å²) >= 11 is 0. The van der Waals surface area contributed by atoms with Crippen LogP contribution in [0, 0.1) is 0 Å². The number of aliphatic carboxylic acids is 1. The number of hydrogen-bond acceptors (Lipinski definition) is 2. The Morgan fingerprint density at radius 3 is 2.56 bits per heavy atom. The van der Waals surface area contributed by atoms with E-state index in [-0.39, 0.29) is 0 Å². The van der Waals surface area contributed by atoms with Gasteiger partial charge in [-0.15, -0.1) is 0 Å². The fraction of sp³-hybridized carbons (Fsp3) is 0.500. The zero-order valence-corrected chi connectivity index (χ0v) is 10.6. The second-order valence-corrected chi connectivity index (χ2v) is 4.78. The normalized spacial score (nSPS) is 18.8. The summed E-state index contributed by atoms with van der Waals surface area (Å²) in [5, 5.41) is 9.44. The SMILES string of the molecule is COc1cccc(C2(C(=O)O)CCC2)c1C(C)F. The summed E-state index contributed by atoms with van der Waals surface area (Å²) in [6.07, 6.45) is 0.751. The van der Waals surface area contributed by atoms with Crippen molar-refractivity contribution in [3.63, 3.8) is 0 Å². The largest absolute Gasteiger partial charge is 0.496 e. The van der Waals surface area contributed by atoms with Gasteiger partial charge >= 0.3 is 5.97 Å². The lowest BCUT2D eigenvalue weighted by atomic mass is 9.63. The van der Waals surface area contributed by atoms with Crippen LogP contribution in [0.3, 0.4) is 0 Å². The number of ether oxygens (including phenoxy) is 1. The van der Waals surface area contributed by atoms with E-state index < -0.39 is 17.6 Å². The molecule has 4 heteroatoms. The van der Waals surface area contributed by atoms with Gasteiger partial charge in [-0.05, 0) is 31.4 Å². The average Bonchev–Trinajstić information content (AvgIpc) is 2.26. The number of halogens is 1. The zero-order valence-electron chi connectivity index (χ0n) is 10.6. The summed E-state index contributed by atoms with van der Waals surface area (Å²) in [5.41, 5.74) is 0.0159. The third-order valence-electron chi connectivity index (χ3n) is 3.82. The molecule has 0 amide bonds. The average molecular weight is 252 g/mol. The smallest absolute Gasteiger partial charge is 0.314 e. The van der Waals surface area contributed by atoms with Crippen LogP contribution in [-0.2, 0) is 10.2 Å². The molecular formula is C14H17FO3. The molecule has 0 bridgehead atoms. The van der Waals surface area contributed by atoms with Crippen molar-refractivity contribution in [3.05, 3.63) is 29.3 Å². The summed E-state index contributed by atoms with van der Waals surface area (Å²) in [6.45, 7) is 1.41. The van der Waals surface area contributed by atoms with Crippen LogP contribution in [0.15, 0.2) is 18.2 Å². The minimum absolute atomic E-state index is 0.377. The van der Waals surface area contributed by atoms with Crippen LogP contribution < -0.4 is 4.74 Å². The number of hydrogen-bond donors (Lipinski definition) is 1. The number of carboxylic acid groups (broad SMARTS) is 1. The maximum atomic E-state index is 13.8. The molecule has 2 rings (SSSR count). The van der Waals surface area contributed by atoms with Crippen LogP contribution in [-0.4, -0.2) is 18.2 Å². The van der Waals surface area contributed by atoms with Crippen molar-refractivity contribution in [2.45, 2.75) is 37.8 Å². The highest BCUT2D eigenvalue weighted by Crippen LogP contribution is 2.48. The monoisotopic (exact) mass is 252 g/mol. The number of benzene rings is 1. The van der Waals surface area contributed by atoms with Gasteiger partial charge in [0.1, 0.15) is 11.9 Å². The van der Waals surface area contributed by atoms with Crippen LogP contribution in [0.25, 0.3) is 0 Å². The summed E-state index contributed by atoms with van der Waals surface area (Å²) in [4.78, 5) is 11.5. The van der Waals surface area contributed by atoms with Crippen molar-refractivity contribution >= 4 is 5.97 Å². The molecule has 1 aliphatic rings. The van der Waals surface area contributed by atoms with Crippen molar-refractivity contribution in [2.24, 2.45) is 0 Å². The Morgan fingerprint density at radius 1 is 1.50 bits per heavy atom. The van der Waals surface area contributed by atoms with Gasteiger partial charge in [0.25, 0.3) is 0 Å². The third-order valence-corrected chi connectivity index (χ3v) is 3.82. The minimum Gasteiger partial charge on any atom is -0.496 e. The number of alkyl halides is 1. The molecule has 0 saturated heterocycles. The van der Waals surface area contributed by atoms with E-state index in [1.807, 2.05) is 0 Å². The molecule has 0 heterocycles. The molecule has 1 fully saturated rings. The number of methoxy groups -OCH3 is 1. The van der Waals surface area contributed by atoms with E-state index in [0.29, 0.717) is 29.7 Å². The first-order valence-corrected chi connectivity index (χ1v) is 6.08. The Bertz CT molecular complexity index is 464. The van der Waals surface area contributed by atoms with Crippen LogP contribution in [0.5, 0.6) is 5.75 Å². The maximum Gasteiger partial charge on any atom is 0.314 e. The van der Waals surface area contributed by atoms with Gasteiger partial charge in [-0.2, -0.15) is 0 Å². The predicted octanol–water partition coefficient (Wildman–Crippen LogP) is 3.23. The fourth-order valence-corrected chi connectivity index (χ4v) is 2.68. The highest BCUT2D eigenvalue weighted by molar-refractivity contribution is 5.83. The second-order valence-electron chi connectivity index (χ2n) is 4.78. The van der Waals surface area contributed by atoms with E-state index >= 15 is 0 Å². The first-order valence-electron chi connectivity index (χ1n) is 6.08. The van der Waals surface area contributed by atoms with Gasteiger partial charge in [0.05, 0.1) is 12.5 Å². The molecule has 1 aromatic carbocycles. The van der Waals surface area contributed by atoms with Gasteiger partial charge in [0.2, 0.25) is 0 Å². The standard InChI is InChI=1S/C14H17FO3/c1-9(15)12-10(5-3-6-11(12)18-2)14(13(16)17)7-4-8-14/h3,5-6,9H,4,7-8H2,1-2H3,(H,16,17). The minimum atomic E-state index is -1.24. The summed E-state index contributed by atoms with van der Waals surface area (Å²) in [7, 11) is 1.47. The molecule has 98 valence electrons. The van der Waals surface area contributed by atoms with E-state index in [1.54, 1.807) is 18.2 Å². The Kier molecular flexibility index (Phi) is 3.28. The van der Waals surface area contributed by atoms with Crippen LogP contribution in [0.4, 0.5) is 4.39 Å². The lowest BCUT2D eigenvalue weighted by molar-refractivity contribution is -0.147. The molecule has 1 N–H and O–H groups in total. The van der Waals surface area contributed by atoms with Crippen molar-refractivity contribution in [1.82, 2.24) is 0 Å². The highest BCUT2D eigenvalue weighted by Gasteiger charge is 2.48. The van der Waals surface area contributed by atoms with Gasteiger partial charge in [-0.3, -0.25) is 4.79 Å². The van der Waals surface area contributed by atoms with Gasteiger partial charge in [0.15, 0.2) is 0 Å². The van der Waals surface area contributed by atoms with Crippen molar-refractivity contribution in [2.75, 3.05) is 7.11 Å². The molecule has 1 atom stereocenters. The van der Waals surface area contributed by atoms with Crippen LogP contribution in [0.1, 0.15) is 43.5 Å². The lowest BCUT2D eigenvalue weighted by Crippen LogP contribution is -2.43. The van der Waals surface area contributed by atoms with E-state index in [0.717, 1.165) is 6.42 Å². The van der Waals surface area contributed by atoms with E-state index in [9.17, 15) is 14.3 Å². The summed E-state index contributed by atoms with van der Waals surface area (Å²) in [6, 6.07) is 5.10. The fourth-order valence-electron chi connectivity index (χ4n) is 2.68. The second kappa shape index (κ2) is 4.59. The van der Waals surface area contributed by atoms with E-state index in [2.05, 4.69) is 0 Å². The molecule has 1 saturated carbocycles. The molecule has 0 aliphatic heterocycles. The quantitative estimate of drug-likeness (QED) is 0.894. The predicted molar refractivity (Wildman–Crippen MR) is 65.7 cm³/mol. The molecule has 1 aromatic rings. The third kappa shape index (κ3) is 1.76. The summed E-state index contributed by atoms with van der Waals surface area (Å²) in [5.74, 6) is -0.445. The van der Waals surface area contributed by atoms with Gasteiger partial charge in [0, 0.05) is 5.56 Å². The number of carbonyl (C=O) groups is 1. The molecular weight excluding hydrogens is 235 g/mol. The first-order chi connectivity index (χ1) is 8.53. The molecule has 1 unspecified atom stereocenters. The van der Waals surface area contributed by atoms with E-state index in [4.69, 9.17) is 4.74 Å². The Hall–Kier alpha value is -1.58. The number of carboxylic acids is 1.